The Bertz CT molecular complexity index is 1060. The minimum atomic E-state index is -0.752. The molecular weight excluding hydrogens is 392 g/mol. The first-order valence-corrected chi connectivity index (χ1v) is 9.57. The van der Waals surface area contributed by atoms with Crippen molar-refractivity contribution in [2.24, 2.45) is 0 Å². The van der Waals surface area contributed by atoms with Crippen LogP contribution in [0.3, 0.4) is 0 Å². The summed E-state index contributed by atoms with van der Waals surface area (Å²) in [5.41, 5.74) is 0.534. The molecule has 29 heavy (non-hydrogen) atoms. The number of carbonyl (C=O) groups is 2. The number of methoxy groups -OCH3 is 1. The highest BCUT2D eigenvalue weighted by Crippen LogP contribution is 2.30. The Labute approximate surface area is 172 Å². The highest BCUT2D eigenvalue weighted by molar-refractivity contribution is 6.34. The normalized spacial score (nSPS) is 16.7. The molecular formula is C21H19ClN4O3. The predicted molar refractivity (Wildman–Crippen MR) is 110 cm³/mol. The van der Waals surface area contributed by atoms with E-state index in [1.165, 1.54) is 7.11 Å². The maximum Gasteiger partial charge on any atom is 0.330 e. The summed E-state index contributed by atoms with van der Waals surface area (Å²) in [4.78, 5) is 29.0. The number of carbonyl (C=O) groups excluding carboxylic acids is 2. The third-order valence-electron chi connectivity index (χ3n) is 5.06. The Balaban J connectivity index is 1.67. The van der Waals surface area contributed by atoms with Crippen LogP contribution in [0.2, 0.25) is 5.15 Å². The monoisotopic (exact) mass is 410 g/mol. The van der Waals surface area contributed by atoms with Gasteiger partial charge < -0.3 is 14.5 Å². The van der Waals surface area contributed by atoms with E-state index in [0.29, 0.717) is 29.6 Å². The van der Waals surface area contributed by atoms with Crippen LogP contribution in [-0.4, -0.2) is 59.8 Å². The molecule has 1 unspecified atom stereocenters. The number of hydrogen-bond donors (Lipinski definition) is 0. The molecule has 4 rings (SSSR count). The predicted octanol–water partition coefficient (Wildman–Crippen LogP) is 2.79. The van der Waals surface area contributed by atoms with E-state index >= 15 is 0 Å². The van der Waals surface area contributed by atoms with Crippen LogP contribution < -0.4 is 4.90 Å². The summed E-state index contributed by atoms with van der Waals surface area (Å²) in [7, 11) is 1.32. The molecule has 0 bridgehead atoms. The van der Waals surface area contributed by atoms with E-state index in [-0.39, 0.29) is 12.5 Å². The Kier molecular flexibility index (Phi) is 5.31. The van der Waals surface area contributed by atoms with E-state index in [1.807, 2.05) is 35.2 Å². The fraction of sp³-hybridized carbons (Fsp3) is 0.238. The summed E-state index contributed by atoms with van der Waals surface area (Å²) >= 11 is 6.18. The Morgan fingerprint density at radius 1 is 1.00 bits per heavy atom. The third-order valence-corrected chi connectivity index (χ3v) is 5.34. The molecule has 2 aromatic carbocycles. The number of anilines is 1. The molecule has 0 saturated carbocycles. The van der Waals surface area contributed by atoms with E-state index in [4.69, 9.17) is 16.3 Å². The first kappa shape index (κ1) is 19.1. The Morgan fingerprint density at radius 2 is 1.69 bits per heavy atom. The molecule has 1 aliphatic rings. The number of esters is 1. The number of fused-ring (bicyclic) bond motifs is 1. The van der Waals surface area contributed by atoms with E-state index in [2.05, 4.69) is 10.2 Å². The zero-order valence-electron chi connectivity index (χ0n) is 15.8. The van der Waals surface area contributed by atoms with Crippen LogP contribution in [0.1, 0.15) is 10.4 Å². The standard InChI is InChI=1S/C21H19ClN4O3/c1-29-21(28)17-13-25(11-12-26(17)20(27)14-7-3-2-4-8-14)19-16-10-6-5-9-15(16)18(22)23-24-19/h2-10,17H,11-13H2,1H3. The molecule has 0 spiro atoms. The van der Waals surface area contributed by atoms with Gasteiger partial charge in [0.1, 0.15) is 6.04 Å². The second-order valence-corrected chi connectivity index (χ2v) is 7.07. The van der Waals surface area contributed by atoms with Crippen LogP contribution in [0.25, 0.3) is 10.8 Å². The minimum Gasteiger partial charge on any atom is -0.467 e. The summed E-state index contributed by atoms with van der Waals surface area (Å²) in [6, 6.07) is 15.7. The van der Waals surface area contributed by atoms with Crippen molar-refractivity contribution in [3.05, 3.63) is 65.3 Å². The van der Waals surface area contributed by atoms with Gasteiger partial charge in [0.2, 0.25) is 0 Å². The van der Waals surface area contributed by atoms with Crippen LogP contribution in [0.5, 0.6) is 0 Å². The van der Waals surface area contributed by atoms with Gasteiger partial charge in [0.05, 0.1) is 13.7 Å². The van der Waals surface area contributed by atoms with Crippen LogP contribution in [0.4, 0.5) is 5.82 Å². The summed E-state index contributed by atoms with van der Waals surface area (Å²) in [6.45, 7) is 1.12. The van der Waals surface area contributed by atoms with Crippen LogP contribution in [-0.2, 0) is 9.53 Å². The van der Waals surface area contributed by atoms with E-state index < -0.39 is 12.0 Å². The van der Waals surface area contributed by atoms with Crippen LogP contribution >= 0.6 is 11.6 Å². The zero-order valence-corrected chi connectivity index (χ0v) is 16.5. The van der Waals surface area contributed by atoms with Gasteiger partial charge >= 0.3 is 5.97 Å². The van der Waals surface area contributed by atoms with Crippen molar-refractivity contribution in [2.45, 2.75) is 6.04 Å². The summed E-state index contributed by atoms with van der Waals surface area (Å²) in [5, 5.41) is 10.3. The van der Waals surface area contributed by atoms with Crippen molar-refractivity contribution in [1.29, 1.82) is 0 Å². The van der Waals surface area contributed by atoms with Crippen molar-refractivity contribution in [1.82, 2.24) is 15.1 Å². The molecule has 1 saturated heterocycles. The van der Waals surface area contributed by atoms with Crippen molar-refractivity contribution < 1.29 is 14.3 Å². The van der Waals surface area contributed by atoms with Crippen LogP contribution in [0, 0.1) is 0 Å². The fourth-order valence-electron chi connectivity index (χ4n) is 3.59. The van der Waals surface area contributed by atoms with Crippen LogP contribution in [0.15, 0.2) is 54.6 Å². The van der Waals surface area contributed by atoms with Gasteiger partial charge in [-0.25, -0.2) is 4.79 Å². The quantitative estimate of drug-likeness (QED) is 0.618. The first-order chi connectivity index (χ1) is 14.1. The van der Waals surface area contributed by atoms with Gasteiger partial charge in [-0.2, -0.15) is 0 Å². The van der Waals surface area contributed by atoms with Gasteiger partial charge in [-0.3, -0.25) is 4.79 Å². The lowest BCUT2D eigenvalue weighted by atomic mass is 10.1. The number of amides is 1. The molecule has 1 atom stereocenters. The van der Waals surface area contributed by atoms with E-state index in [9.17, 15) is 9.59 Å². The lowest BCUT2D eigenvalue weighted by Gasteiger charge is -2.40. The molecule has 7 nitrogen and oxygen atoms in total. The smallest absolute Gasteiger partial charge is 0.330 e. The molecule has 1 aromatic heterocycles. The molecule has 8 heteroatoms. The summed E-state index contributed by atoms with van der Waals surface area (Å²) < 4.78 is 4.98. The second kappa shape index (κ2) is 8.05. The second-order valence-electron chi connectivity index (χ2n) is 6.71. The van der Waals surface area contributed by atoms with Crippen molar-refractivity contribution in [3.8, 4) is 0 Å². The number of rotatable bonds is 3. The van der Waals surface area contributed by atoms with Crippen molar-refractivity contribution in [2.75, 3.05) is 31.6 Å². The molecule has 1 amide bonds. The molecule has 0 N–H and O–H groups in total. The SMILES string of the molecule is COC(=O)C1CN(c2nnc(Cl)c3ccccc23)CCN1C(=O)c1ccccc1. The first-order valence-electron chi connectivity index (χ1n) is 9.20. The average Bonchev–Trinajstić information content (AvgIpc) is 2.79. The number of aromatic nitrogens is 2. The molecule has 3 aromatic rings. The largest absolute Gasteiger partial charge is 0.467 e. The van der Waals surface area contributed by atoms with Gasteiger partial charge in [-0.15, -0.1) is 10.2 Å². The van der Waals surface area contributed by atoms with Gasteiger partial charge in [0, 0.05) is 29.4 Å². The number of nitrogens with zero attached hydrogens (tertiary/aromatic N) is 4. The molecule has 148 valence electrons. The van der Waals surface area contributed by atoms with Gasteiger partial charge in [-0.1, -0.05) is 54.1 Å². The number of benzene rings is 2. The number of hydrogen-bond acceptors (Lipinski definition) is 6. The van der Waals surface area contributed by atoms with Gasteiger partial charge in [-0.05, 0) is 12.1 Å². The third kappa shape index (κ3) is 3.61. The van der Waals surface area contributed by atoms with Gasteiger partial charge in [0.15, 0.2) is 11.0 Å². The lowest BCUT2D eigenvalue weighted by molar-refractivity contribution is -0.146. The number of piperazine rings is 1. The molecule has 1 aliphatic heterocycles. The molecule has 1 fully saturated rings. The van der Waals surface area contributed by atoms with Crippen molar-refractivity contribution >= 4 is 40.1 Å². The summed E-state index contributed by atoms with van der Waals surface area (Å²) in [5.74, 6) is -0.0383. The van der Waals surface area contributed by atoms with E-state index in [0.717, 1.165) is 10.8 Å². The summed E-state index contributed by atoms with van der Waals surface area (Å²) in [6.07, 6.45) is 0. The Hall–Kier alpha value is -3.19. The average molecular weight is 411 g/mol. The topological polar surface area (TPSA) is 75.6 Å². The molecule has 2 heterocycles. The van der Waals surface area contributed by atoms with Crippen molar-refractivity contribution in [3.63, 3.8) is 0 Å². The highest BCUT2D eigenvalue weighted by Gasteiger charge is 2.37. The maximum absolute atomic E-state index is 13.0. The fourth-order valence-corrected chi connectivity index (χ4v) is 3.80. The van der Waals surface area contributed by atoms with E-state index in [1.54, 1.807) is 29.2 Å². The molecule has 0 radical (unpaired) electrons. The minimum absolute atomic E-state index is 0.201. The number of halogens is 1. The molecule has 0 aliphatic carbocycles. The lowest BCUT2D eigenvalue weighted by Crippen LogP contribution is -2.59. The number of ether oxygens (including phenoxy) is 1. The Morgan fingerprint density at radius 3 is 2.41 bits per heavy atom. The zero-order chi connectivity index (χ0) is 20.4. The highest BCUT2D eigenvalue weighted by atomic mass is 35.5. The van der Waals surface area contributed by atoms with Gasteiger partial charge in [0.25, 0.3) is 5.91 Å². The maximum atomic E-state index is 13.0.